The van der Waals surface area contributed by atoms with Crippen molar-refractivity contribution in [1.82, 2.24) is 9.88 Å². The van der Waals surface area contributed by atoms with Crippen LogP contribution in [0.5, 0.6) is 0 Å². The lowest BCUT2D eigenvalue weighted by atomic mass is 9.58. The average Bonchev–Trinajstić information content (AvgIpc) is 2.66. The van der Waals surface area contributed by atoms with Gasteiger partial charge in [-0.1, -0.05) is 18.2 Å². The Kier molecular flexibility index (Phi) is 5.10. The van der Waals surface area contributed by atoms with Crippen molar-refractivity contribution in [2.75, 3.05) is 45.2 Å². The Morgan fingerprint density at radius 3 is 2.70 bits per heavy atom. The maximum Gasteiger partial charge on any atom is 0.0726 e. The summed E-state index contributed by atoms with van der Waals surface area (Å²) in [4.78, 5) is 9.27. The van der Waals surface area contributed by atoms with Crippen molar-refractivity contribution in [3.05, 3.63) is 36.0 Å². The zero-order valence-electron chi connectivity index (χ0n) is 16.7. The summed E-state index contributed by atoms with van der Waals surface area (Å²) in [5.41, 5.74) is 3.33. The van der Waals surface area contributed by atoms with E-state index in [-0.39, 0.29) is 17.6 Å². The van der Waals surface area contributed by atoms with Crippen LogP contribution in [0, 0.1) is 12.3 Å². The molecule has 1 spiro atoms. The van der Waals surface area contributed by atoms with Gasteiger partial charge in [0.15, 0.2) is 0 Å². The number of rotatable bonds is 5. The number of ether oxygens (including phenoxy) is 1. The summed E-state index contributed by atoms with van der Waals surface area (Å²) >= 11 is 0. The summed E-state index contributed by atoms with van der Waals surface area (Å²) in [7, 11) is 4.13. The molecule has 2 heterocycles. The van der Waals surface area contributed by atoms with Crippen LogP contribution in [0.1, 0.15) is 25.0 Å². The highest BCUT2D eigenvalue weighted by molar-refractivity contribution is 5.92. The Labute approximate surface area is 161 Å². The fourth-order valence-corrected chi connectivity index (χ4v) is 4.70. The molecule has 2 aliphatic rings. The molecule has 27 heavy (non-hydrogen) atoms. The fraction of sp³-hybridized carbons (Fsp3) is 0.591. The second kappa shape index (κ2) is 7.38. The number of aliphatic hydroxyl groups excluding tert-OH is 1. The van der Waals surface area contributed by atoms with Gasteiger partial charge in [0.1, 0.15) is 0 Å². The van der Waals surface area contributed by atoms with Gasteiger partial charge in [-0.2, -0.15) is 0 Å². The van der Waals surface area contributed by atoms with Gasteiger partial charge in [0.2, 0.25) is 0 Å². The molecular weight excluding hydrogens is 338 g/mol. The molecule has 1 aromatic heterocycles. The number of fused-ring (bicyclic) bond motifs is 1. The molecule has 1 aliphatic carbocycles. The average molecular weight is 370 g/mol. The smallest absolute Gasteiger partial charge is 0.0726 e. The lowest BCUT2D eigenvalue weighted by Gasteiger charge is -2.57. The Bertz CT molecular complexity index is 799. The van der Waals surface area contributed by atoms with Gasteiger partial charge >= 0.3 is 0 Å². The van der Waals surface area contributed by atoms with Crippen LogP contribution < -0.4 is 4.90 Å². The number of pyridine rings is 1. The number of para-hydroxylation sites is 1. The molecule has 5 heteroatoms. The Morgan fingerprint density at radius 2 is 2.00 bits per heavy atom. The first-order chi connectivity index (χ1) is 13.0. The van der Waals surface area contributed by atoms with Crippen molar-refractivity contribution in [1.29, 1.82) is 0 Å². The van der Waals surface area contributed by atoms with E-state index in [2.05, 4.69) is 60.1 Å². The predicted molar refractivity (Wildman–Crippen MR) is 109 cm³/mol. The Morgan fingerprint density at radius 1 is 1.26 bits per heavy atom. The zero-order chi connectivity index (χ0) is 19.0. The van der Waals surface area contributed by atoms with E-state index in [0.29, 0.717) is 0 Å². The summed E-state index contributed by atoms with van der Waals surface area (Å²) < 4.78 is 6.15. The summed E-state index contributed by atoms with van der Waals surface area (Å²) in [5.74, 6) is 0. The standard InChI is InChI=1S/C22H31N3O2/c1-16-14-19(17-6-4-5-7-18(17)23-16)25-10-8-22(9-11-25)20(26)15-21(22)27-13-12-24(2)3/h4-7,14,20-21,26H,8-13,15H2,1-3H3/t20-,21+/m0/s1. The van der Waals surface area contributed by atoms with Crippen molar-refractivity contribution in [3.8, 4) is 0 Å². The van der Waals surface area contributed by atoms with Crippen LogP contribution >= 0.6 is 0 Å². The first-order valence-corrected chi connectivity index (χ1v) is 10.1. The minimum absolute atomic E-state index is 0.0549. The van der Waals surface area contributed by atoms with Gasteiger partial charge in [-0.25, -0.2) is 0 Å². The van der Waals surface area contributed by atoms with Crippen LogP contribution in [0.25, 0.3) is 10.9 Å². The molecule has 146 valence electrons. The quantitative estimate of drug-likeness (QED) is 0.878. The molecule has 0 amide bonds. The summed E-state index contributed by atoms with van der Waals surface area (Å²) in [6.07, 6.45) is 2.72. The molecule has 0 radical (unpaired) electrons. The van der Waals surface area contributed by atoms with Crippen LogP contribution in [-0.4, -0.2) is 67.5 Å². The van der Waals surface area contributed by atoms with E-state index >= 15 is 0 Å². The molecule has 2 atom stereocenters. The lowest BCUT2D eigenvalue weighted by Crippen LogP contribution is -2.62. The predicted octanol–water partition coefficient (Wildman–Crippen LogP) is 2.84. The van der Waals surface area contributed by atoms with Gasteiger partial charge in [0.25, 0.3) is 0 Å². The number of aryl methyl sites for hydroxylation is 1. The summed E-state index contributed by atoms with van der Waals surface area (Å²) in [6.45, 7) is 5.64. The number of aromatic nitrogens is 1. The maximum absolute atomic E-state index is 10.6. The van der Waals surface area contributed by atoms with Gasteiger partial charge in [-0.3, -0.25) is 4.98 Å². The monoisotopic (exact) mass is 369 g/mol. The molecule has 5 nitrogen and oxygen atoms in total. The van der Waals surface area contributed by atoms with E-state index in [0.717, 1.165) is 56.7 Å². The minimum atomic E-state index is -0.222. The number of likely N-dealkylation sites (N-methyl/N-ethyl adjacent to an activating group) is 1. The third-order valence-corrected chi connectivity index (χ3v) is 6.46. The van der Waals surface area contributed by atoms with Gasteiger partial charge < -0.3 is 19.6 Å². The van der Waals surface area contributed by atoms with E-state index < -0.39 is 0 Å². The summed E-state index contributed by atoms with van der Waals surface area (Å²) in [5, 5.41) is 11.8. The molecule has 0 bridgehead atoms. The highest BCUT2D eigenvalue weighted by Crippen LogP contribution is 2.51. The van der Waals surface area contributed by atoms with E-state index in [9.17, 15) is 5.11 Å². The molecule has 1 aliphatic heterocycles. The number of hydrogen-bond donors (Lipinski definition) is 1. The number of hydrogen-bond acceptors (Lipinski definition) is 5. The first kappa shape index (κ1) is 18.7. The van der Waals surface area contributed by atoms with E-state index in [1.807, 2.05) is 6.07 Å². The number of aliphatic hydroxyl groups is 1. The molecule has 1 saturated carbocycles. The van der Waals surface area contributed by atoms with Crippen LogP contribution in [-0.2, 0) is 4.74 Å². The second-order valence-electron chi connectivity index (χ2n) is 8.43. The molecule has 2 aromatic rings. The number of benzene rings is 1. The Hall–Kier alpha value is -1.69. The molecule has 0 unspecified atom stereocenters. The van der Waals surface area contributed by atoms with Gasteiger partial charge in [0.05, 0.1) is 24.3 Å². The third-order valence-electron chi connectivity index (χ3n) is 6.46. The van der Waals surface area contributed by atoms with E-state index in [1.165, 1.54) is 11.1 Å². The van der Waals surface area contributed by atoms with Crippen molar-refractivity contribution < 1.29 is 9.84 Å². The minimum Gasteiger partial charge on any atom is -0.392 e. The zero-order valence-corrected chi connectivity index (χ0v) is 16.7. The van der Waals surface area contributed by atoms with Crippen molar-refractivity contribution in [3.63, 3.8) is 0 Å². The molecule has 2 fully saturated rings. The molecular formula is C22H31N3O2. The topological polar surface area (TPSA) is 48.8 Å². The lowest BCUT2D eigenvalue weighted by molar-refractivity contribution is -0.202. The van der Waals surface area contributed by atoms with Gasteiger partial charge in [-0.05, 0) is 46.0 Å². The van der Waals surface area contributed by atoms with Crippen molar-refractivity contribution >= 4 is 16.6 Å². The molecule has 1 aromatic carbocycles. The van der Waals surface area contributed by atoms with E-state index in [1.54, 1.807) is 0 Å². The molecule has 1 saturated heterocycles. The van der Waals surface area contributed by atoms with Gasteiger partial charge in [-0.15, -0.1) is 0 Å². The highest BCUT2D eigenvalue weighted by Gasteiger charge is 2.56. The SMILES string of the molecule is Cc1cc(N2CCC3(CC2)[C@@H](O)C[C@H]3OCCN(C)C)c2ccccc2n1. The maximum atomic E-state index is 10.6. The van der Waals surface area contributed by atoms with Gasteiger partial charge in [0, 0.05) is 48.2 Å². The van der Waals surface area contributed by atoms with Crippen molar-refractivity contribution in [2.24, 2.45) is 5.41 Å². The van der Waals surface area contributed by atoms with Crippen LogP contribution in [0.4, 0.5) is 5.69 Å². The molecule has 1 N–H and O–H groups in total. The second-order valence-corrected chi connectivity index (χ2v) is 8.43. The fourth-order valence-electron chi connectivity index (χ4n) is 4.70. The van der Waals surface area contributed by atoms with Crippen molar-refractivity contribution in [2.45, 2.75) is 38.4 Å². The highest BCUT2D eigenvalue weighted by atomic mass is 16.5. The summed E-state index contributed by atoms with van der Waals surface area (Å²) in [6, 6.07) is 10.6. The first-order valence-electron chi connectivity index (χ1n) is 10.1. The number of piperidine rings is 1. The normalized spacial score (nSPS) is 24.6. The van der Waals surface area contributed by atoms with Crippen LogP contribution in [0.15, 0.2) is 30.3 Å². The molecule has 4 rings (SSSR count). The van der Waals surface area contributed by atoms with Crippen LogP contribution in [0.2, 0.25) is 0 Å². The third kappa shape index (κ3) is 3.44. The van der Waals surface area contributed by atoms with E-state index in [4.69, 9.17) is 4.74 Å². The number of anilines is 1. The Balaban J connectivity index is 1.47. The largest absolute Gasteiger partial charge is 0.392 e. The van der Waals surface area contributed by atoms with Crippen LogP contribution in [0.3, 0.4) is 0 Å². The number of nitrogens with zero attached hydrogens (tertiary/aromatic N) is 3.